The topological polar surface area (TPSA) is 21.3 Å². The predicted molar refractivity (Wildman–Crippen MR) is 89.9 cm³/mol. The van der Waals surface area contributed by atoms with E-state index in [4.69, 9.17) is 16.3 Å². The van der Waals surface area contributed by atoms with E-state index in [1.54, 1.807) is 7.11 Å². The van der Waals surface area contributed by atoms with Crippen LogP contribution in [-0.4, -0.2) is 7.11 Å². The zero-order valence-electron chi connectivity index (χ0n) is 11.0. The average molecular weight is 377 g/mol. The fraction of sp³-hybridized carbons (Fsp3) is 0.200. The van der Waals surface area contributed by atoms with Crippen molar-refractivity contribution in [1.82, 2.24) is 5.32 Å². The van der Waals surface area contributed by atoms with Crippen molar-refractivity contribution >= 4 is 39.9 Å². The lowest BCUT2D eigenvalue weighted by Crippen LogP contribution is -2.13. The molecular weight excluding hydrogens is 361 g/mol. The Morgan fingerprint density at radius 3 is 2.50 bits per heavy atom. The number of methoxy groups -OCH3 is 1. The summed E-state index contributed by atoms with van der Waals surface area (Å²) in [6.45, 7) is 1.46. The standard InChI is InChI=1S/C15H15BrClNO.ClH/c1-19-15-7-6-13(16)8-12(15)10-18-9-11-4-2-3-5-14(11)17;/h2-8,18H,9-10H2,1H3;1H. The number of halogens is 3. The number of hydrogen-bond donors (Lipinski definition) is 1. The van der Waals surface area contributed by atoms with Gasteiger partial charge in [0.15, 0.2) is 0 Å². The van der Waals surface area contributed by atoms with Crippen LogP contribution in [0.5, 0.6) is 5.75 Å². The van der Waals surface area contributed by atoms with Gasteiger partial charge in [0.05, 0.1) is 7.11 Å². The third-order valence-corrected chi connectivity index (χ3v) is 3.69. The highest BCUT2D eigenvalue weighted by Gasteiger charge is 2.04. The molecule has 0 saturated carbocycles. The quantitative estimate of drug-likeness (QED) is 0.807. The Labute approximate surface area is 139 Å². The molecule has 20 heavy (non-hydrogen) atoms. The molecular formula is C15H16BrCl2NO. The van der Waals surface area contributed by atoms with Crippen LogP contribution in [0.1, 0.15) is 11.1 Å². The van der Waals surface area contributed by atoms with Crippen LogP contribution in [-0.2, 0) is 13.1 Å². The second-order valence-corrected chi connectivity index (χ2v) is 5.47. The van der Waals surface area contributed by atoms with Crippen molar-refractivity contribution in [2.24, 2.45) is 0 Å². The average Bonchev–Trinajstić information content (AvgIpc) is 2.41. The second kappa shape index (κ2) is 8.53. The molecule has 0 amide bonds. The number of benzene rings is 2. The van der Waals surface area contributed by atoms with Gasteiger partial charge in [-0.15, -0.1) is 12.4 Å². The number of rotatable bonds is 5. The molecule has 2 aromatic rings. The molecule has 0 unspecified atom stereocenters. The molecule has 2 nitrogen and oxygen atoms in total. The van der Waals surface area contributed by atoms with Crippen LogP contribution >= 0.6 is 39.9 Å². The smallest absolute Gasteiger partial charge is 0.123 e. The van der Waals surface area contributed by atoms with Crippen LogP contribution in [0, 0.1) is 0 Å². The summed E-state index contributed by atoms with van der Waals surface area (Å²) >= 11 is 9.59. The highest BCUT2D eigenvalue weighted by Crippen LogP contribution is 2.23. The summed E-state index contributed by atoms with van der Waals surface area (Å²) in [5, 5.41) is 4.16. The summed E-state index contributed by atoms with van der Waals surface area (Å²) in [5.74, 6) is 0.884. The fourth-order valence-electron chi connectivity index (χ4n) is 1.86. The second-order valence-electron chi connectivity index (χ2n) is 4.15. The summed E-state index contributed by atoms with van der Waals surface area (Å²) in [6, 6.07) is 13.8. The third kappa shape index (κ3) is 4.67. The van der Waals surface area contributed by atoms with Gasteiger partial charge >= 0.3 is 0 Å². The Hall–Kier alpha value is -0.740. The van der Waals surface area contributed by atoms with E-state index in [1.165, 1.54) is 0 Å². The van der Waals surface area contributed by atoms with Crippen molar-refractivity contribution in [3.05, 3.63) is 63.1 Å². The van der Waals surface area contributed by atoms with Crippen molar-refractivity contribution in [2.45, 2.75) is 13.1 Å². The molecule has 0 bridgehead atoms. The van der Waals surface area contributed by atoms with E-state index in [0.717, 1.165) is 39.5 Å². The van der Waals surface area contributed by atoms with E-state index in [2.05, 4.69) is 27.3 Å². The first-order chi connectivity index (χ1) is 9.20. The zero-order valence-corrected chi connectivity index (χ0v) is 14.2. The highest BCUT2D eigenvalue weighted by molar-refractivity contribution is 9.10. The molecule has 2 aromatic carbocycles. The number of nitrogens with one attached hydrogen (secondary N) is 1. The minimum absolute atomic E-state index is 0. The minimum atomic E-state index is 0. The van der Waals surface area contributed by atoms with Gasteiger partial charge in [0.25, 0.3) is 0 Å². The maximum atomic E-state index is 6.12. The van der Waals surface area contributed by atoms with Crippen molar-refractivity contribution in [2.75, 3.05) is 7.11 Å². The van der Waals surface area contributed by atoms with Crippen LogP contribution < -0.4 is 10.1 Å². The summed E-state index contributed by atoms with van der Waals surface area (Å²) in [5.41, 5.74) is 2.21. The van der Waals surface area contributed by atoms with Gasteiger partial charge in [0.2, 0.25) is 0 Å². The van der Waals surface area contributed by atoms with Crippen molar-refractivity contribution in [1.29, 1.82) is 0 Å². The minimum Gasteiger partial charge on any atom is -0.496 e. The molecule has 0 saturated heterocycles. The maximum Gasteiger partial charge on any atom is 0.123 e. The Kier molecular flexibility index (Phi) is 7.38. The molecule has 0 aliphatic carbocycles. The van der Waals surface area contributed by atoms with E-state index in [-0.39, 0.29) is 12.4 Å². The van der Waals surface area contributed by atoms with Crippen LogP contribution in [0.2, 0.25) is 5.02 Å². The molecule has 0 heterocycles. The molecule has 1 N–H and O–H groups in total. The first-order valence-corrected chi connectivity index (χ1v) is 7.14. The van der Waals surface area contributed by atoms with Gasteiger partial charge in [-0.05, 0) is 29.8 Å². The van der Waals surface area contributed by atoms with Crippen LogP contribution in [0.3, 0.4) is 0 Å². The lowest BCUT2D eigenvalue weighted by atomic mass is 10.2. The summed E-state index contributed by atoms with van der Waals surface area (Å²) in [4.78, 5) is 0. The van der Waals surface area contributed by atoms with Gasteiger partial charge in [0.1, 0.15) is 5.75 Å². The Bertz CT molecular complexity index is 563. The zero-order chi connectivity index (χ0) is 13.7. The van der Waals surface area contributed by atoms with E-state index < -0.39 is 0 Å². The van der Waals surface area contributed by atoms with Crippen LogP contribution in [0.4, 0.5) is 0 Å². The molecule has 0 spiro atoms. The molecule has 5 heteroatoms. The normalized spacial score (nSPS) is 9.95. The lowest BCUT2D eigenvalue weighted by molar-refractivity contribution is 0.407. The first kappa shape index (κ1) is 17.3. The molecule has 0 aliphatic heterocycles. The summed E-state index contributed by atoms with van der Waals surface area (Å²) in [6.07, 6.45) is 0. The molecule has 2 rings (SSSR count). The maximum absolute atomic E-state index is 6.12. The van der Waals surface area contributed by atoms with E-state index in [9.17, 15) is 0 Å². The molecule has 0 aromatic heterocycles. The van der Waals surface area contributed by atoms with Gasteiger partial charge < -0.3 is 10.1 Å². The predicted octanol–water partition coefficient (Wildman–Crippen LogP) is 4.82. The summed E-state index contributed by atoms with van der Waals surface area (Å²) in [7, 11) is 1.68. The lowest BCUT2D eigenvalue weighted by Gasteiger charge is -2.11. The van der Waals surface area contributed by atoms with Crippen molar-refractivity contribution in [3.63, 3.8) is 0 Å². The van der Waals surface area contributed by atoms with Gasteiger partial charge in [-0.2, -0.15) is 0 Å². The Morgan fingerprint density at radius 1 is 1.10 bits per heavy atom. The number of hydrogen-bond acceptors (Lipinski definition) is 2. The molecule has 0 atom stereocenters. The Morgan fingerprint density at radius 2 is 1.80 bits per heavy atom. The highest BCUT2D eigenvalue weighted by atomic mass is 79.9. The SMILES string of the molecule is COc1ccc(Br)cc1CNCc1ccccc1Cl.Cl. The molecule has 108 valence electrons. The van der Waals surface area contributed by atoms with Gasteiger partial charge in [-0.3, -0.25) is 0 Å². The van der Waals surface area contributed by atoms with E-state index in [0.29, 0.717) is 0 Å². The largest absolute Gasteiger partial charge is 0.496 e. The Balaban J connectivity index is 0.00000200. The molecule has 0 fully saturated rings. The van der Waals surface area contributed by atoms with Crippen LogP contribution in [0.15, 0.2) is 46.9 Å². The van der Waals surface area contributed by atoms with E-state index in [1.807, 2.05) is 36.4 Å². The van der Waals surface area contributed by atoms with Gasteiger partial charge in [-0.1, -0.05) is 45.7 Å². The third-order valence-electron chi connectivity index (χ3n) is 2.83. The molecule has 0 radical (unpaired) electrons. The summed E-state index contributed by atoms with van der Waals surface area (Å²) < 4.78 is 6.38. The van der Waals surface area contributed by atoms with Gasteiger partial charge in [0, 0.05) is 28.1 Å². The van der Waals surface area contributed by atoms with Gasteiger partial charge in [-0.25, -0.2) is 0 Å². The molecule has 0 aliphatic rings. The first-order valence-electron chi connectivity index (χ1n) is 5.97. The fourth-order valence-corrected chi connectivity index (χ4v) is 2.47. The number of ether oxygens (including phenoxy) is 1. The monoisotopic (exact) mass is 375 g/mol. The van der Waals surface area contributed by atoms with Crippen molar-refractivity contribution in [3.8, 4) is 5.75 Å². The van der Waals surface area contributed by atoms with E-state index >= 15 is 0 Å². The van der Waals surface area contributed by atoms with Crippen LogP contribution in [0.25, 0.3) is 0 Å². The van der Waals surface area contributed by atoms with Crippen molar-refractivity contribution < 1.29 is 4.74 Å².